The third-order valence-electron chi connectivity index (χ3n) is 5.40. The highest BCUT2D eigenvalue weighted by molar-refractivity contribution is 6.40. The second kappa shape index (κ2) is 14.7. The summed E-state index contributed by atoms with van der Waals surface area (Å²) in [6.07, 6.45) is 7.35. The summed E-state index contributed by atoms with van der Waals surface area (Å²) in [4.78, 5) is 18.8. The van der Waals surface area contributed by atoms with Gasteiger partial charge in [0.15, 0.2) is 0 Å². The molecule has 156 valence electrons. The van der Waals surface area contributed by atoms with Gasteiger partial charge in [0.05, 0.1) is 0 Å². The first kappa shape index (κ1) is 24.8. The fourth-order valence-electron chi connectivity index (χ4n) is 3.71. The lowest BCUT2D eigenvalue weighted by molar-refractivity contribution is -0.191. The van der Waals surface area contributed by atoms with Crippen molar-refractivity contribution in [1.82, 2.24) is 10.2 Å². The Morgan fingerprint density at radius 2 is 1.79 bits per heavy atom. The number of likely N-dealkylation sites (tertiary alicyclic amines) is 1. The average Bonchev–Trinajstić information content (AvgIpc) is 2.69. The van der Waals surface area contributed by atoms with Crippen molar-refractivity contribution < 1.29 is 19.6 Å². The van der Waals surface area contributed by atoms with Crippen LogP contribution in [0.1, 0.15) is 50.0 Å². The van der Waals surface area contributed by atoms with Crippen molar-refractivity contribution in [2.75, 3.05) is 26.7 Å². The summed E-state index contributed by atoms with van der Waals surface area (Å²) in [7, 11) is 0.869. The highest BCUT2D eigenvalue weighted by Gasteiger charge is 2.21. The standard InChI is InChI=1S/C19H32BClN2O2.CO2/c1-22-19(4-2-3-12-20(24)25)11-15-23-13-9-17(10-14-23)16-5-7-18(21)8-6-16;2-1-3/h5-8,17,19,22,24-25H,2-4,9-15H2,1H3;. The predicted octanol–water partition coefficient (Wildman–Crippen LogP) is 2.56. The Hall–Kier alpha value is -1.21. The largest absolute Gasteiger partial charge is 0.451 e. The summed E-state index contributed by atoms with van der Waals surface area (Å²) in [6.45, 7) is 3.47. The van der Waals surface area contributed by atoms with Crippen LogP contribution in [0, 0.1) is 0 Å². The van der Waals surface area contributed by atoms with Crippen LogP contribution in [0.4, 0.5) is 0 Å². The minimum atomic E-state index is -1.16. The number of hydrogen-bond acceptors (Lipinski definition) is 6. The second-order valence-electron chi connectivity index (χ2n) is 7.29. The van der Waals surface area contributed by atoms with Crippen LogP contribution in [0.2, 0.25) is 11.3 Å². The predicted molar refractivity (Wildman–Crippen MR) is 111 cm³/mol. The van der Waals surface area contributed by atoms with E-state index in [-0.39, 0.29) is 6.15 Å². The SMILES string of the molecule is CNC(CCCCB(O)O)CCN1CCC(c2ccc(Cl)cc2)CC1.O=C=O. The quantitative estimate of drug-likeness (QED) is 0.406. The van der Waals surface area contributed by atoms with E-state index in [2.05, 4.69) is 22.3 Å². The van der Waals surface area contributed by atoms with Gasteiger partial charge in [-0.25, -0.2) is 0 Å². The second-order valence-corrected chi connectivity index (χ2v) is 7.73. The van der Waals surface area contributed by atoms with E-state index in [1.807, 2.05) is 19.2 Å². The molecule has 1 saturated heterocycles. The molecule has 1 aliphatic heterocycles. The van der Waals surface area contributed by atoms with Gasteiger partial charge >= 0.3 is 13.3 Å². The van der Waals surface area contributed by atoms with Crippen molar-refractivity contribution in [3.05, 3.63) is 34.9 Å². The van der Waals surface area contributed by atoms with Gasteiger partial charge in [0, 0.05) is 11.1 Å². The molecule has 0 bridgehead atoms. The molecule has 3 N–H and O–H groups in total. The Balaban J connectivity index is 0.00000122. The minimum absolute atomic E-state index is 0.250. The Bertz CT molecular complexity index is 560. The zero-order valence-electron chi connectivity index (χ0n) is 16.6. The molecule has 1 aromatic carbocycles. The number of piperidine rings is 1. The van der Waals surface area contributed by atoms with Gasteiger partial charge < -0.3 is 20.3 Å². The first-order valence-electron chi connectivity index (χ1n) is 10.0. The van der Waals surface area contributed by atoms with E-state index >= 15 is 0 Å². The topological polar surface area (TPSA) is 89.9 Å². The lowest BCUT2D eigenvalue weighted by atomic mass is 9.83. The van der Waals surface area contributed by atoms with E-state index in [0.29, 0.717) is 18.3 Å². The molecule has 28 heavy (non-hydrogen) atoms. The lowest BCUT2D eigenvalue weighted by Gasteiger charge is -2.33. The van der Waals surface area contributed by atoms with Gasteiger partial charge in [-0.15, -0.1) is 0 Å². The Morgan fingerprint density at radius 1 is 1.18 bits per heavy atom. The Morgan fingerprint density at radius 3 is 2.32 bits per heavy atom. The zero-order chi connectivity index (χ0) is 20.8. The number of halogens is 1. The molecule has 0 radical (unpaired) electrons. The molecular weight excluding hydrogens is 378 g/mol. The summed E-state index contributed by atoms with van der Waals surface area (Å²) in [5.74, 6) is 0.665. The molecular formula is C20H32BClN2O4. The van der Waals surface area contributed by atoms with Crippen LogP contribution in [-0.2, 0) is 9.59 Å². The molecule has 1 unspecified atom stereocenters. The van der Waals surface area contributed by atoms with Crippen LogP contribution in [-0.4, -0.2) is 60.9 Å². The number of rotatable bonds is 10. The average molecular weight is 411 g/mol. The van der Waals surface area contributed by atoms with Crippen molar-refractivity contribution in [3.63, 3.8) is 0 Å². The Kier molecular flexibility index (Phi) is 13.1. The van der Waals surface area contributed by atoms with Crippen molar-refractivity contribution >= 4 is 24.9 Å². The van der Waals surface area contributed by atoms with Crippen molar-refractivity contribution in [1.29, 1.82) is 0 Å². The third kappa shape index (κ3) is 10.4. The molecule has 8 heteroatoms. The number of nitrogens with zero attached hydrogens (tertiary/aromatic N) is 1. The molecule has 1 aliphatic rings. The third-order valence-corrected chi connectivity index (χ3v) is 5.65. The van der Waals surface area contributed by atoms with Gasteiger partial charge in [-0.1, -0.05) is 36.6 Å². The Labute approximate surface area is 173 Å². The maximum absolute atomic E-state index is 8.89. The molecule has 1 heterocycles. The van der Waals surface area contributed by atoms with Gasteiger partial charge in [0.2, 0.25) is 0 Å². The minimum Gasteiger partial charge on any atom is -0.427 e. The van der Waals surface area contributed by atoms with Crippen LogP contribution in [0.5, 0.6) is 0 Å². The fourth-order valence-corrected chi connectivity index (χ4v) is 3.84. The van der Waals surface area contributed by atoms with Crippen LogP contribution < -0.4 is 5.32 Å². The highest BCUT2D eigenvalue weighted by atomic mass is 35.5. The molecule has 0 aromatic heterocycles. The lowest BCUT2D eigenvalue weighted by Crippen LogP contribution is -2.37. The first-order valence-corrected chi connectivity index (χ1v) is 10.4. The molecule has 0 aliphatic carbocycles. The van der Waals surface area contributed by atoms with Gasteiger partial charge in [-0.3, -0.25) is 0 Å². The van der Waals surface area contributed by atoms with Gasteiger partial charge in [0.25, 0.3) is 0 Å². The van der Waals surface area contributed by atoms with Crippen LogP contribution in [0.15, 0.2) is 24.3 Å². The molecule has 0 amide bonds. The van der Waals surface area contributed by atoms with E-state index in [1.165, 1.54) is 31.5 Å². The number of benzene rings is 1. The van der Waals surface area contributed by atoms with Gasteiger partial charge in [0.1, 0.15) is 0 Å². The smallest absolute Gasteiger partial charge is 0.427 e. The van der Waals surface area contributed by atoms with Crippen molar-refractivity contribution in [2.45, 2.75) is 56.8 Å². The number of carbonyl (C=O) groups excluding carboxylic acids is 2. The van der Waals surface area contributed by atoms with E-state index in [4.69, 9.17) is 31.2 Å². The van der Waals surface area contributed by atoms with Crippen LogP contribution in [0.25, 0.3) is 0 Å². The monoisotopic (exact) mass is 410 g/mol. The summed E-state index contributed by atoms with van der Waals surface area (Å²) >= 11 is 5.98. The molecule has 2 rings (SSSR count). The summed E-state index contributed by atoms with van der Waals surface area (Å²) in [5, 5.41) is 22.0. The number of hydrogen-bond donors (Lipinski definition) is 3. The normalized spacial score (nSPS) is 16.0. The van der Waals surface area contributed by atoms with E-state index < -0.39 is 7.12 Å². The molecule has 0 spiro atoms. The molecule has 1 aromatic rings. The number of unbranched alkanes of at least 4 members (excludes halogenated alkanes) is 1. The summed E-state index contributed by atoms with van der Waals surface area (Å²) in [6, 6.07) is 8.85. The van der Waals surface area contributed by atoms with E-state index in [0.717, 1.165) is 37.3 Å². The van der Waals surface area contributed by atoms with E-state index in [9.17, 15) is 0 Å². The molecule has 0 saturated carbocycles. The fraction of sp³-hybridized carbons (Fsp3) is 0.650. The maximum Gasteiger partial charge on any atom is 0.451 e. The highest BCUT2D eigenvalue weighted by Crippen LogP contribution is 2.29. The maximum atomic E-state index is 8.89. The zero-order valence-corrected chi connectivity index (χ0v) is 17.4. The number of nitrogens with one attached hydrogen (secondary N) is 1. The molecule has 1 atom stereocenters. The molecule has 6 nitrogen and oxygen atoms in total. The van der Waals surface area contributed by atoms with Gasteiger partial charge in [-0.05, 0) is 82.3 Å². The van der Waals surface area contributed by atoms with Crippen LogP contribution in [0.3, 0.4) is 0 Å². The van der Waals surface area contributed by atoms with Crippen LogP contribution >= 0.6 is 11.6 Å². The first-order chi connectivity index (χ1) is 13.5. The van der Waals surface area contributed by atoms with Gasteiger partial charge in [-0.2, -0.15) is 9.59 Å². The van der Waals surface area contributed by atoms with Crippen molar-refractivity contribution in [3.8, 4) is 0 Å². The summed E-state index contributed by atoms with van der Waals surface area (Å²) in [5.41, 5.74) is 1.42. The molecule has 1 fully saturated rings. The van der Waals surface area contributed by atoms with E-state index in [1.54, 1.807) is 0 Å². The van der Waals surface area contributed by atoms with Crippen molar-refractivity contribution in [2.24, 2.45) is 0 Å². The summed E-state index contributed by atoms with van der Waals surface area (Å²) < 4.78 is 0.